The first-order valence-electron chi connectivity index (χ1n) is 6.60. The molecule has 4 nitrogen and oxygen atoms in total. The number of ether oxygens (including phenoxy) is 1. The van der Waals surface area contributed by atoms with Crippen LogP contribution >= 0.6 is 0 Å². The van der Waals surface area contributed by atoms with Gasteiger partial charge in [-0.25, -0.2) is 4.98 Å². The molecule has 0 saturated heterocycles. The molecular weight excluding hydrogens is 240 g/mol. The van der Waals surface area contributed by atoms with Gasteiger partial charge in [-0.15, -0.1) is 0 Å². The lowest BCUT2D eigenvalue weighted by atomic mass is 10.1. The van der Waals surface area contributed by atoms with Crippen LogP contribution in [0.2, 0.25) is 0 Å². The summed E-state index contributed by atoms with van der Waals surface area (Å²) in [6.07, 6.45) is 1.72. The van der Waals surface area contributed by atoms with E-state index in [1.54, 1.807) is 6.26 Å². The van der Waals surface area contributed by atoms with Gasteiger partial charge in [0.25, 0.3) is 0 Å². The van der Waals surface area contributed by atoms with Gasteiger partial charge in [-0.1, -0.05) is 19.9 Å². The lowest BCUT2D eigenvalue weighted by Crippen LogP contribution is -2.21. The van der Waals surface area contributed by atoms with Gasteiger partial charge in [-0.05, 0) is 23.3 Å². The first-order chi connectivity index (χ1) is 9.22. The summed E-state index contributed by atoms with van der Waals surface area (Å²) < 4.78 is 11.0. The van der Waals surface area contributed by atoms with Gasteiger partial charge < -0.3 is 14.5 Å². The summed E-state index contributed by atoms with van der Waals surface area (Å²) in [6.45, 7) is 6.36. The molecule has 0 unspecified atom stereocenters. The molecule has 2 aromatic rings. The Kier molecular flexibility index (Phi) is 3.36. The molecule has 0 aliphatic carbocycles. The van der Waals surface area contributed by atoms with Crippen LogP contribution in [0.5, 0.6) is 0 Å². The molecule has 2 heterocycles. The molecule has 0 amide bonds. The van der Waals surface area contributed by atoms with Crippen LogP contribution in [0, 0.1) is 0 Å². The summed E-state index contributed by atoms with van der Waals surface area (Å²) in [5, 5.41) is 3.33. The van der Waals surface area contributed by atoms with Crippen molar-refractivity contribution in [1.82, 2.24) is 10.3 Å². The van der Waals surface area contributed by atoms with Gasteiger partial charge in [0.15, 0.2) is 0 Å². The highest BCUT2D eigenvalue weighted by Gasteiger charge is 2.14. The van der Waals surface area contributed by atoms with Crippen molar-refractivity contribution in [1.29, 1.82) is 0 Å². The van der Waals surface area contributed by atoms with Crippen molar-refractivity contribution >= 4 is 0 Å². The molecule has 1 aliphatic heterocycles. The minimum absolute atomic E-state index is 0.442. The predicted octanol–water partition coefficient (Wildman–Crippen LogP) is 2.87. The normalized spacial score (nSPS) is 14.1. The zero-order chi connectivity index (χ0) is 13.2. The summed E-state index contributed by atoms with van der Waals surface area (Å²) in [6, 6.07) is 6.68. The highest BCUT2D eigenvalue weighted by molar-refractivity contribution is 5.56. The van der Waals surface area contributed by atoms with Crippen LogP contribution in [0.4, 0.5) is 0 Å². The van der Waals surface area contributed by atoms with Crippen molar-refractivity contribution in [2.24, 2.45) is 0 Å². The van der Waals surface area contributed by atoms with Crippen LogP contribution < -0.4 is 5.32 Å². The molecular formula is C15H18N2O2. The topological polar surface area (TPSA) is 47.3 Å². The second-order valence-corrected chi connectivity index (χ2v) is 5.16. The summed E-state index contributed by atoms with van der Waals surface area (Å²) in [7, 11) is 0. The summed E-state index contributed by atoms with van der Waals surface area (Å²) in [5.74, 6) is 0.676. The maximum Gasteiger partial charge on any atom is 0.226 e. The SMILES string of the molecule is CC(C)NCc1coc(-c2ccc3c(c2)COC3)n1. The van der Waals surface area contributed by atoms with Gasteiger partial charge in [0.1, 0.15) is 6.26 Å². The third-order valence-corrected chi connectivity index (χ3v) is 3.21. The molecule has 1 aromatic heterocycles. The van der Waals surface area contributed by atoms with E-state index in [2.05, 4.69) is 36.3 Å². The smallest absolute Gasteiger partial charge is 0.226 e. The van der Waals surface area contributed by atoms with Gasteiger partial charge in [-0.2, -0.15) is 0 Å². The molecule has 1 N–H and O–H groups in total. The highest BCUT2D eigenvalue weighted by Crippen LogP contribution is 2.26. The van der Waals surface area contributed by atoms with Gasteiger partial charge in [0, 0.05) is 18.2 Å². The minimum atomic E-state index is 0.442. The maximum absolute atomic E-state index is 5.55. The van der Waals surface area contributed by atoms with Crippen LogP contribution in [0.15, 0.2) is 28.9 Å². The summed E-state index contributed by atoms with van der Waals surface area (Å²) in [5.41, 5.74) is 4.44. The molecule has 100 valence electrons. The number of fused-ring (bicyclic) bond motifs is 1. The van der Waals surface area contributed by atoms with Gasteiger partial charge in [0.05, 0.1) is 18.9 Å². The predicted molar refractivity (Wildman–Crippen MR) is 72.4 cm³/mol. The molecule has 0 saturated carbocycles. The van der Waals surface area contributed by atoms with Crippen molar-refractivity contribution in [3.63, 3.8) is 0 Å². The maximum atomic E-state index is 5.55. The van der Waals surface area contributed by atoms with E-state index in [-0.39, 0.29) is 0 Å². The fourth-order valence-electron chi connectivity index (χ4n) is 2.13. The molecule has 0 fully saturated rings. The van der Waals surface area contributed by atoms with E-state index in [1.807, 2.05) is 6.07 Å². The molecule has 3 rings (SSSR count). The number of rotatable bonds is 4. The Morgan fingerprint density at radius 2 is 2.11 bits per heavy atom. The number of hydrogen-bond acceptors (Lipinski definition) is 4. The van der Waals surface area contributed by atoms with Crippen molar-refractivity contribution in [3.05, 3.63) is 41.3 Å². The van der Waals surface area contributed by atoms with Gasteiger partial charge >= 0.3 is 0 Å². The van der Waals surface area contributed by atoms with Gasteiger partial charge in [-0.3, -0.25) is 0 Å². The Balaban J connectivity index is 1.79. The second-order valence-electron chi connectivity index (χ2n) is 5.16. The molecule has 0 radical (unpaired) electrons. The third-order valence-electron chi connectivity index (χ3n) is 3.21. The first-order valence-corrected chi connectivity index (χ1v) is 6.60. The average molecular weight is 258 g/mol. The number of hydrogen-bond donors (Lipinski definition) is 1. The fourth-order valence-corrected chi connectivity index (χ4v) is 2.13. The van der Waals surface area contributed by atoms with E-state index >= 15 is 0 Å². The molecule has 1 aromatic carbocycles. The van der Waals surface area contributed by atoms with Crippen LogP contribution in [0.1, 0.15) is 30.7 Å². The average Bonchev–Trinajstić information content (AvgIpc) is 3.04. The number of aromatic nitrogens is 1. The number of benzene rings is 1. The van der Waals surface area contributed by atoms with Crippen LogP contribution in [0.25, 0.3) is 11.5 Å². The number of oxazole rings is 1. The first kappa shape index (κ1) is 12.4. The molecule has 4 heteroatoms. The lowest BCUT2D eigenvalue weighted by molar-refractivity contribution is 0.134. The zero-order valence-corrected chi connectivity index (χ0v) is 11.3. The monoisotopic (exact) mass is 258 g/mol. The molecule has 1 aliphatic rings. The Morgan fingerprint density at radius 3 is 2.95 bits per heavy atom. The van der Waals surface area contributed by atoms with Crippen molar-refractivity contribution < 1.29 is 9.15 Å². The number of nitrogens with zero attached hydrogens (tertiary/aromatic N) is 1. The second kappa shape index (κ2) is 5.15. The number of nitrogens with one attached hydrogen (secondary N) is 1. The van der Waals surface area contributed by atoms with Crippen LogP contribution in [-0.2, 0) is 24.5 Å². The standard InChI is InChI=1S/C15H18N2O2/c1-10(2)16-6-14-9-19-15(17-14)11-3-4-12-7-18-8-13(12)5-11/h3-5,9-10,16H,6-8H2,1-2H3. The van der Waals surface area contributed by atoms with E-state index < -0.39 is 0 Å². The molecule has 0 atom stereocenters. The fraction of sp³-hybridized carbons (Fsp3) is 0.400. The largest absolute Gasteiger partial charge is 0.444 e. The van der Waals surface area contributed by atoms with Gasteiger partial charge in [0.2, 0.25) is 5.89 Å². The van der Waals surface area contributed by atoms with E-state index in [1.165, 1.54) is 11.1 Å². The van der Waals surface area contributed by atoms with Crippen LogP contribution in [0.3, 0.4) is 0 Å². The molecule has 19 heavy (non-hydrogen) atoms. The Hall–Kier alpha value is -1.65. The van der Waals surface area contributed by atoms with E-state index in [9.17, 15) is 0 Å². The Labute approximate surface area is 112 Å². The molecule has 0 spiro atoms. The zero-order valence-electron chi connectivity index (χ0n) is 11.3. The van der Waals surface area contributed by atoms with E-state index in [0.717, 1.165) is 17.8 Å². The van der Waals surface area contributed by atoms with E-state index in [4.69, 9.17) is 9.15 Å². The quantitative estimate of drug-likeness (QED) is 0.916. The minimum Gasteiger partial charge on any atom is -0.444 e. The van der Waals surface area contributed by atoms with E-state index in [0.29, 0.717) is 25.1 Å². The lowest BCUT2D eigenvalue weighted by Gasteiger charge is -2.04. The highest BCUT2D eigenvalue weighted by atomic mass is 16.5. The summed E-state index contributed by atoms with van der Waals surface area (Å²) in [4.78, 5) is 4.51. The van der Waals surface area contributed by atoms with Crippen molar-refractivity contribution in [2.45, 2.75) is 39.6 Å². The van der Waals surface area contributed by atoms with Crippen LogP contribution in [-0.4, -0.2) is 11.0 Å². The Bertz CT molecular complexity index is 575. The summed E-state index contributed by atoms with van der Waals surface area (Å²) >= 11 is 0. The molecule has 0 bridgehead atoms. The third kappa shape index (κ3) is 2.69. The van der Waals surface area contributed by atoms with Crippen molar-refractivity contribution in [3.8, 4) is 11.5 Å². The van der Waals surface area contributed by atoms with Crippen molar-refractivity contribution in [2.75, 3.05) is 0 Å². The Morgan fingerprint density at radius 1 is 1.26 bits per heavy atom.